The molecular weight excluding hydrogens is 329 g/mol. The maximum absolute atomic E-state index is 11.8. The highest BCUT2D eigenvalue weighted by atomic mass is 127. The van der Waals surface area contributed by atoms with Gasteiger partial charge in [-0.1, -0.05) is 12.1 Å². The lowest BCUT2D eigenvalue weighted by Crippen LogP contribution is -2.30. The number of Topliss-reactive ketones (excluding diaryl/α,β-unsaturated/α-hetero) is 1. The second-order valence-corrected chi connectivity index (χ2v) is 5.40. The van der Waals surface area contributed by atoms with Crippen molar-refractivity contribution < 1.29 is 9.59 Å². The van der Waals surface area contributed by atoms with Crippen molar-refractivity contribution >= 4 is 34.3 Å². The van der Waals surface area contributed by atoms with Crippen LogP contribution in [0.1, 0.15) is 37.0 Å². The van der Waals surface area contributed by atoms with Crippen LogP contribution in [0.25, 0.3) is 0 Å². The van der Waals surface area contributed by atoms with Crippen LogP contribution in [0.4, 0.5) is 0 Å². The number of rotatable bonds is 5. The molecule has 1 aromatic carbocycles. The first-order valence-electron chi connectivity index (χ1n) is 5.57. The van der Waals surface area contributed by atoms with Gasteiger partial charge in [-0.15, -0.1) is 0 Å². The molecule has 0 spiro atoms. The highest BCUT2D eigenvalue weighted by Crippen LogP contribution is 2.09. The summed E-state index contributed by atoms with van der Waals surface area (Å²) in [6.45, 7) is 3.80. The van der Waals surface area contributed by atoms with Gasteiger partial charge in [0.2, 0.25) is 5.91 Å². The van der Waals surface area contributed by atoms with Gasteiger partial charge in [0.15, 0.2) is 5.78 Å². The highest BCUT2D eigenvalue weighted by molar-refractivity contribution is 14.1. The molecule has 0 saturated carbocycles. The van der Waals surface area contributed by atoms with Crippen molar-refractivity contribution in [3.05, 3.63) is 33.4 Å². The third-order valence-electron chi connectivity index (χ3n) is 2.19. The first-order chi connectivity index (χ1) is 7.99. The zero-order valence-corrected chi connectivity index (χ0v) is 12.2. The zero-order valence-electron chi connectivity index (χ0n) is 10.00. The van der Waals surface area contributed by atoms with E-state index in [-0.39, 0.29) is 30.6 Å². The number of hydrogen-bond donors (Lipinski definition) is 1. The number of hydrogen-bond acceptors (Lipinski definition) is 2. The lowest BCUT2D eigenvalue weighted by Gasteiger charge is -2.07. The van der Waals surface area contributed by atoms with E-state index in [1.165, 1.54) is 0 Å². The summed E-state index contributed by atoms with van der Waals surface area (Å²) in [6.07, 6.45) is 0.516. The SMILES string of the molecule is CC(C)NC(=O)CCC(=O)c1ccc(I)cc1. The van der Waals surface area contributed by atoms with Crippen molar-refractivity contribution in [1.82, 2.24) is 5.32 Å². The van der Waals surface area contributed by atoms with E-state index in [4.69, 9.17) is 0 Å². The van der Waals surface area contributed by atoms with Gasteiger partial charge in [0.05, 0.1) is 0 Å². The minimum atomic E-state index is -0.0705. The molecule has 1 N–H and O–H groups in total. The third-order valence-corrected chi connectivity index (χ3v) is 2.91. The lowest BCUT2D eigenvalue weighted by atomic mass is 10.1. The number of nitrogens with one attached hydrogen (secondary N) is 1. The van der Waals surface area contributed by atoms with Crippen LogP contribution in [-0.2, 0) is 4.79 Å². The molecule has 0 atom stereocenters. The van der Waals surface area contributed by atoms with Crippen LogP contribution in [0.5, 0.6) is 0 Å². The van der Waals surface area contributed by atoms with E-state index in [2.05, 4.69) is 27.9 Å². The molecule has 92 valence electrons. The average Bonchev–Trinajstić information content (AvgIpc) is 2.26. The first-order valence-corrected chi connectivity index (χ1v) is 6.65. The molecule has 0 heterocycles. The second-order valence-electron chi connectivity index (χ2n) is 4.15. The Hall–Kier alpha value is -0.910. The summed E-state index contributed by atoms with van der Waals surface area (Å²) in [4.78, 5) is 23.1. The van der Waals surface area contributed by atoms with Gasteiger partial charge in [0.1, 0.15) is 0 Å². The monoisotopic (exact) mass is 345 g/mol. The Labute approximate surface area is 115 Å². The van der Waals surface area contributed by atoms with E-state index >= 15 is 0 Å². The molecule has 1 aromatic rings. The maximum atomic E-state index is 11.8. The molecule has 0 saturated heterocycles. The Kier molecular flexibility index (Phi) is 5.61. The number of halogens is 1. The van der Waals surface area contributed by atoms with Gasteiger partial charge >= 0.3 is 0 Å². The summed E-state index contributed by atoms with van der Waals surface area (Å²) < 4.78 is 1.09. The van der Waals surface area contributed by atoms with Crippen molar-refractivity contribution in [2.75, 3.05) is 0 Å². The number of ketones is 1. The molecule has 0 aliphatic heterocycles. The van der Waals surface area contributed by atoms with E-state index < -0.39 is 0 Å². The van der Waals surface area contributed by atoms with Crippen molar-refractivity contribution in [3.8, 4) is 0 Å². The number of amides is 1. The van der Waals surface area contributed by atoms with Crippen LogP contribution < -0.4 is 5.32 Å². The molecule has 1 rings (SSSR count). The molecule has 0 bridgehead atoms. The normalized spacial score (nSPS) is 10.4. The largest absolute Gasteiger partial charge is 0.354 e. The molecule has 3 nitrogen and oxygen atoms in total. The lowest BCUT2D eigenvalue weighted by molar-refractivity contribution is -0.121. The van der Waals surface area contributed by atoms with Crippen LogP contribution in [0.15, 0.2) is 24.3 Å². The summed E-state index contributed by atoms with van der Waals surface area (Å²) >= 11 is 2.19. The van der Waals surface area contributed by atoms with Crippen LogP contribution in [0, 0.1) is 3.57 Å². The predicted molar refractivity (Wildman–Crippen MR) is 76.0 cm³/mol. The molecule has 0 unspecified atom stereocenters. The van der Waals surface area contributed by atoms with Gasteiger partial charge in [-0.2, -0.15) is 0 Å². The second kappa shape index (κ2) is 6.74. The van der Waals surface area contributed by atoms with Crippen molar-refractivity contribution in [2.45, 2.75) is 32.7 Å². The fourth-order valence-electron chi connectivity index (χ4n) is 1.40. The Morgan fingerprint density at radius 1 is 1.18 bits per heavy atom. The van der Waals surface area contributed by atoms with E-state index in [0.29, 0.717) is 5.56 Å². The van der Waals surface area contributed by atoms with E-state index in [9.17, 15) is 9.59 Å². The molecule has 0 aliphatic carbocycles. The first kappa shape index (κ1) is 14.2. The van der Waals surface area contributed by atoms with Gasteiger partial charge in [0, 0.05) is 28.0 Å². The smallest absolute Gasteiger partial charge is 0.220 e. The number of benzene rings is 1. The summed E-state index contributed by atoms with van der Waals surface area (Å²) in [6, 6.07) is 7.50. The molecule has 17 heavy (non-hydrogen) atoms. The Morgan fingerprint density at radius 3 is 2.29 bits per heavy atom. The van der Waals surface area contributed by atoms with E-state index in [1.54, 1.807) is 12.1 Å². The molecule has 4 heteroatoms. The van der Waals surface area contributed by atoms with E-state index in [0.717, 1.165) is 3.57 Å². The quantitative estimate of drug-likeness (QED) is 0.659. The predicted octanol–water partition coefficient (Wildman–Crippen LogP) is 2.78. The van der Waals surface area contributed by atoms with Gasteiger partial charge < -0.3 is 5.32 Å². The topological polar surface area (TPSA) is 46.2 Å². The summed E-state index contributed by atoms with van der Waals surface area (Å²) in [7, 11) is 0. The zero-order chi connectivity index (χ0) is 12.8. The maximum Gasteiger partial charge on any atom is 0.220 e. The van der Waals surface area contributed by atoms with Gasteiger partial charge in [-0.3, -0.25) is 9.59 Å². The fourth-order valence-corrected chi connectivity index (χ4v) is 1.76. The van der Waals surface area contributed by atoms with Crippen molar-refractivity contribution in [2.24, 2.45) is 0 Å². The fraction of sp³-hybridized carbons (Fsp3) is 0.385. The molecule has 1 amide bonds. The minimum Gasteiger partial charge on any atom is -0.354 e. The van der Waals surface area contributed by atoms with Crippen LogP contribution in [0.2, 0.25) is 0 Å². The summed E-state index contributed by atoms with van der Waals surface area (Å²) in [5, 5.41) is 2.77. The van der Waals surface area contributed by atoms with Crippen LogP contribution >= 0.6 is 22.6 Å². The van der Waals surface area contributed by atoms with Crippen LogP contribution in [-0.4, -0.2) is 17.7 Å². The summed E-state index contributed by atoms with van der Waals surface area (Å²) in [5.41, 5.74) is 0.669. The summed E-state index contributed by atoms with van der Waals surface area (Å²) in [5.74, 6) is -0.0563. The molecule has 0 radical (unpaired) electrons. The van der Waals surface area contributed by atoms with Gasteiger partial charge in [-0.05, 0) is 48.6 Å². The molecule has 0 aromatic heterocycles. The number of carbonyl (C=O) groups excluding carboxylic acids is 2. The van der Waals surface area contributed by atoms with Crippen molar-refractivity contribution in [1.29, 1.82) is 0 Å². The molecular formula is C13H16INO2. The molecule has 0 fully saturated rings. The Balaban J connectivity index is 2.45. The Morgan fingerprint density at radius 2 is 1.76 bits per heavy atom. The van der Waals surface area contributed by atoms with Gasteiger partial charge in [0.25, 0.3) is 0 Å². The Bertz CT molecular complexity index is 398. The highest BCUT2D eigenvalue weighted by Gasteiger charge is 2.09. The van der Waals surface area contributed by atoms with E-state index in [1.807, 2.05) is 26.0 Å². The standard InChI is InChI=1S/C13H16INO2/c1-9(2)15-13(17)8-7-12(16)10-3-5-11(14)6-4-10/h3-6,9H,7-8H2,1-2H3,(H,15,17). The minimum absolute atomic E-state index is 0.0142. The van der Waals surface area contributed by atoms with Crippen molar-refractivity contribution in [3.63, 3.8) is 0 Å². The third kappa shape index (κ3) is 5.30. The molecule has 0 aliphatic rings. The number of carbonyl (C=O) groups is 2. The van der Waals surface area contributed by atoms with Gasteiger partial charge in [-0.25, -0.2) is 0 Å². The average molecular weight is 345 g/mol. The van der Waals surface area contributed by atoms with Crippen LogP contribution in [0.3, 0.4) is 0 Å².